The first-order valence-electron chi connectivity index (χ1n) is 24.9. The monoisotopic (exact) mass is 1000 g/mol. The van der Waals surface area contributed by atoms with Crippen LogP contribution in [0.3, 0.4) is 0 Å². The SMILES string of the molecule is CCC(C)(C)C(=O)C(=O)N1CCCCC1C(=O)C[C@H](CCc1ccc(OC)c(OC)c1)c1cccc(OCC(=O)NCCCCCCCCOc2cccc3c2C(=O)N(C2CC(F)(F)C(=O)NC2=O)C3=O)c1. The summed E-state index contributed by atoms with van der Waals surface area (Å²) in [5.74, 6) is -8.69. The number of fused-ring (bicyclic) bond motifs is 1. The van der Waals surface area contributed by atoms with Gasteiger partial charge >= 0.3 is 5.92 Å². The Morgan fingerprint density at radius 3 is 2.31 bits per heavy atom. The average Bonchev–Trinajstić information content (AvgIpc) is 3.63. The summed E-state index contributed by atoms with van der Waals surface area (Å²) in [7, 11) is 3.15. The standard InChI is InChI=1S/C54H66F2N4O12/c1-6-53(2,3)47(63)51(67)59-27-13-11-20-39(59)41(61)31-36(24-22-34-23-25-42(69-4)44(29-34)70-5)35-17-15-18-37(30-35)72-33-45(62)57-26-12-9-7-8-10-14-28-71-43-21-16-19-38-46(43)50(66)60(49(38)65)40-32-54(55,56)52(68)58-48(40)64/h15-19,21,23,25,29-30,36,39-40H,6-14,20,22,24,26-28,31-33H2,1-5H3,(H,57,62)(H,58,64,68)/t36-,39?,40?/m0/s1. The molecule has 18 heteroatoms. The zero-order valence-electron chi connectivity index (χ0n) is 41.8. The van der Waals surface area contributed by atoms with Crippen molar-refractivity contribution in [3.8, 4) is 23.0 Å². The number of hydrogen-bond acceptors (Lipinski definition) is 12. The molecule has 3 atom stereocenters. The van der Waals surface area contributed by atoms with Gasteiger partial charge in [0.25, 0.3) is 29.5 Å². The first-order valence-corrected chi connectivity index (χ1v) is 24.9. The molecule has 3 aliphatic rings. The van der Waals surface area contributed by atoms with Crippen molar-refractivity contribution in [2.24, 2.45) is 5.41 Å². The number of alkyl halides is 2. The minimum absolute atomic E-state index is 0.0719. The molecule has 3 aromatic rings. The largest absolute Gasteiger partial charge is 0.493 e. The molecule has 2 N–H and O–H groups in total. The molecule has 6 amide bonds. The minimum atomic E-state index is -3.93. The summed E-state index contributed by atoms with van der Waals surface area (Å²) in [5, 5.41) is 4.44. The number of carbonyl (C=O) groups excluding carboxylic acids is 8. The quantitative estimate of drug-likeness (QED) is 0.0461. The molecule has 0 bridgehead atoms. The van der Waals surface area contributed by atoms with Crippen molar-refractivity contribution in [2.75, 3.05) is 40.5 Å². The van der Waals surface area contributed by atoms with Crippen LogP contribution in [0.15, 0.2) is 60.7 Å². The van der Waals surface area contributed by atoms with Crippen LogP contribution in [0.25, 0.3) is 0 Å². The fourth-order valence-electron chi connectivity index (χ4n) is 9.23. The normalized spacial score (nSPS) is 18.0. The van der Waals surface area contributed by atoms with E-state index in [0.717, 1.165) is 56.1 Å². The predicted molar refractivity (Wildman–Crippen MR) is 260 cm³/mol. The van der Waals surface area contributed by atoms with Crippen molar-refractivity contribution in [3.05, 3.63) is 82.9 Å². The molecule has 0 aliphatic carbocycles. The molecule has 72 heavy (non-hydrogen) atoms. The van der Waals surface area contributed by atoms with Crippen LogP contribution < -0.4 is 29.6 Å². The number of piperidine rings is 2. The van der Waals surface area contributed by atoms with Crippen LogP contribution >= 0.6 is 0 Å². The summed E-state index contributed by atoms with van der Waals surface area (Å²) in [6.45, 7) is 6.19. The molecule has 6 rings (SSSR count). The van der Waals surface area contributed by atoms with Gasteiger partial charge in [0.2, 0.25) is 11.7 Å². The van der Waals surface area contributed by atoms with Crippen LogP contribution in [0.1, 0.15) is 142 Å². The summed E-state index contributed by atoms with van der Waals surface area (Å²) >= 11 is 0. The maximum atomic E-state index is 14.2. The number of rotatable bonds is 26. The Hall–Kier alpha value is -6.72. The number of nitrogens with zero attached hydrogens (tertiary/aromatic N) is 2. The Morgan fingerprint density at radius 2 is 1.57 bits per heavy atom. The van der Waals surface area contributed by atoms with Gasteiger partial charge in [-0.15, -0.1) is 0 Å². The number of nitrogens with one attached hydrogen (secondary N) is 2. The van der Waals surface area contributed by atoms with E-state index in [1.54, 1.807) is 39.5 Å². The highest BCUT2D eigenvalue weighted by molar-refractivity contribution is 6.38. The zero-order valence-corrected chi connectivity index (χ0v) is 41.8. The molecule has 3 heterocycles. The minimum Gasteiger partial charge on any atom is -0.493 e. The van der Waals surface area contributed by atoms with E-state index in [1.807, 2.05) is 43.3 Å². The Balaban J connectivity index is 0.948. The maximum Gasteiger partial charge on any atom is 0.327 e. The summed E-state index contributed by atoms with van der Waals surface area (Å²) in [6.07, 6.45) is 7.26. The average molecular weight is 1000 g/mol. The topological polar surface area (TPSA) is 204 Å². The number of imide groups is 2. The second-order valence-corrected chi connectivity index (χ2v) is 19.3. The van der Waals surface area contributed by atoms with E-state index in [-0.39, 0.29) is 54.1 Å². The van der Waals surface area contributed by atoms with Crippen molar-refractivity contribution >= 4 is 47.0 Å². The van der Waals surface area contributed by atoms with Gasteiger partial charge in [0.05, 0.1) is 44.4 Å². The van der Waals surface area contributed by atoms with Crippen LogP contribution in [0.5, 0.6) is 23.0 Å². The Morgan fingerprint density at radius 1 is 0.847 bits per heavy atom. The second kappa shape index (κ2) is 24.6. The molecule has 388 valence electrons. The molecule has 2 saturated heterocycles. The third kappa shape index (κ3) is 13.2. The van der Waals surface area contributed by atoms with E-state index in [0.29, 0.717) is 67.3 Å². The second-order valence-electron chi connectivity index (χ2n) is 19.3. The van der Waals surface area contributed by atoms with Crippen LogP contribution in [-0.2, 0) is 35.2 Å². The summed E-state index contributed by atoms with van der Waals surface area (Å²) in [6, 6.07) is 14.9. The van der Waals surface area contributed by atoms with Crippen molar-refractivity contribution in [1.82, 2.24) is 20.4 Å². The van der Waals surface area contributed by atoms with E-state index >= 15 is 0 Å². The molecule has 0 saturated carbocycles. The lowest BCUT2D eigenvalue weighted by molar-refractivity contribution is -0.159. The van der Waals surface area contributed by atoms with Crippen LogP contribution in [0.2, 0.25) is 0 Å². The van der Waals surface area contributed by atoms with Crippen molar-refractivity contribution < 1.29 is 66.1 Å². The van der Waals surface area contributed by atoms with E-state index in [4.69, 9.17) is 18.9 Å². The number of ether oxygens (including phenoxy) is 4. The van der Waals surface area contributed by atoms with Gasteiger partial charge in [-0.1, -0.05) is 70.7 Å². The third-order valence-electron chi connectivity index (χ3n) is 13.9. The number of likely N-dealkylation sites (tertiary alicyclic amines) is 1. The number of aryl methyl sites for hydroxylation is 1. The molecule has 3 aliphatic heterocycles. The number of carbonyl (C=O) groups is 8. The molecular formula is C54H66F2N4O12. The fraction of sp³-hybridized carbons (Fsp3) is 0.519. The zero-order chi connectivity index (χ0) is 52.2. The number of benzene rings is 3. The van der Waals surface area contributed by atoms with Crippen molar-refractivity contribution in [1.29, 1.82) is 0 Å². The lowest BCUT2D eigenvalue weighted by atomic mass is 9.82. The van der Waals surface area contributed by atoms with E-state index in [2.05, 4.69) is 5.32 Å². The molecular weight excluding hydrogens is 935 g/mol. The maximum absolute atomic E-state index is 14.2. The molecule has 0 aromatic heterocycles. The van der Waals surface area contributed by atoms with Gasteiger partial charge in [0.15, 0.2) is 23.9 Å². The van der Waals surface area contributed by atoms with Gasteiger partial charge in [0, 0.05) is 24.9 Å². The summed E-state index contributed by atoms with van der Waals surface area (Å²) < 4.78 is 51.0. The van der Waals surface area contributed by atoms with E-state index in [9.17, 15) is 47.1 Å². The highest BCUT2D eigenvalue weighted by Crippen LogP contribution is 2.37. The highest BCUT2D eigenvalue weighted by Gasteiger charge is 2.55. The lowest BCUT2D eigenvalue weighted by Crippen LogP contribution is -2.61. The van der Waals surface area contributed by atoms with E-state index in [1.165, 1.54) is 23.1 Å². The molecule has 0 radical (unpaired) electrons. The van der Waals surface area contributed by atoms with Crippen LogP contribution in [0.4, 0.5) is 8.78 Å². The van der Waals surface area contributed by atoms with Crippen LogP contribution in [-0.4, -0.2) is 115 Å². The van der Waals surface area contributed by atoms with Gasteiger partial charge in [-0.3, -0.25) is 48.6 Å². The number of Topliss-reactive ketones (excluding diaryl/α,β-unsaturated/α-hetero) is 2. The third-order valence-corrected chi connectivity index (χ3v) is 13.9. The van der Waals surface area contributed by atoms with Gasteiger partial charge in [-0.25, -0.2) is 0 Å². The smallest absolute Gasteiger partial charge is 0.327 e. The Labute approximate surface area is 418 Å². The van der Waals surface area contributed by atoms with E-state index < -0.39 is 65.2 Å². The number of methoxy groups -OCH3 is 2. The number of amides is 6. The first kappa shape index (κ1) is 54.6. The molecule has 3 aromatic carbocycles. The van der Waals surface area contributed by atoms with Crippen molar-refractivity contribution in [3.63, 3.8) is 0 Å². The van der Waals surface area contributed by atoms with Gasteiger partial charge in [-0.2, -0.15) is 8.78 Å². The number of hydrogen-bond donors (Lipinski definition) is 2. The number of ketones is 2. The number of unbranched alkanes of at least 4 members (excludes halogenated alkanes) is 5. The van der Waals surface area contributed by atoms with Gasteiger partial charge < -0.3 is 29.2 Å². The predicted octanol–water partition coefficient (Wildman–Crippen LogP) is 7.33. The molecule has 16 nitrogen and oxygen atoms in total. The van der Waals surface area contributed by atoms with Gasteiger partial charge in [0.1, 0.15) is 17.5 Å². The molecule has 0 spiro atoms. The fourth-order valence-corrected chi connectivity index (χ4v) is 9.23. The lowest BCUT2D eigenvalue weighted by Gasteiger charge is -2.36. The Bertz CT molecular complexity index is 2510. The number of halogens is 2. The molecule has 2 unspecified atom stereocenters. The summed E-state index contributed by atoms with van der Waals surface area (Å²) in [5.41, 5.74) is 0.809. The Kier molecular flexibility index (Phi) is 18.7. The van der Waals surface area contributed by atoms with Crippen molar-refractivity contribution in [2.45, 2.75) is 135 Å². The highest BCUT2D eigenvalue weighted by atomic mass is 19.3. The summed E-state index contributed by atoms with van der Waals surface area (Å²) in [4.78, 5) is 106. The van der Waals surface area contributed by atoms with Crippen LogP contribution in [0, 0.1) is 5.41 Å². The molecule has 2 fully saturated rings. The van der Waals surface area contributed by atoms with Gasteiger partial charge in [-0.05, 0) is 105 Å². The first-order chi connectivity index (χ1) is 34.4.